The second-order valence-electron chi connectivity index (χ2n) is 9.39. The minimum atomic E-state index is -0.714. The Morgan fingerprint density at radius 2 is 1.83 bits per heavy atom. The number of rotatable bonds is 6. The van der Waals surface area contributed by atoms with E-state index in [1.165, 1.54) is 11.3 Å². The van der Waals surface area contributed by atoms with Crippen molar-refractivity contribution >= 4 is 40.6 Å². The molecule has 1 amide bonds. The van der Waals surface area contributed by atoms with Crippen molar-refractivity contribution in [3.05, 3.63) is 138 Å². The van der Waals surface area contributed by atoms with Gasteiger partial charge in [-0.3, -0.25) is 14.2 Å². The Morgan fingerprint density at radius 1 is 1.05 bits per heavy atom. The lowest BCUT2D eigenvalue weighted by atomic mass is 9.95. The number of methoxy groups -OCH3 is 1. The fraction of sp³-hybridized carbons (Fsp3) is 0.0938. The monoisotopic (exact) mass is 581 g/mol. The first-order valence-corrected chi connectivity index (χ1v) is 14.0. The summed E-state index contributed by atoms with van der Waals surface area (Å²) in [6, 6.07) is 26.8. The van der Waals surface area contributed by atoms with Crippen molar-refractivity contribution in [1.29, 1.82) is 0 Å². The third-order valence-electron chi connectivity index (χ3n) is 6.74. The molecule has 1 aliphatic heterocycles. The molecule has 3 heterocycles. The fourth-order valence-electron chi connectivity index (χ4n) is 4.79. The number of allylic oxidation sites excluding steroid dienone is 1. The van der Waals surface area contributed by atoms with Gasteiger partial charge in [-0.15, -0.1) is 0 Å². The molecule has 9 heteroatoms. The lowest BCUT2D eigenvalue weighted by Gasteiger charge is -2.25. The van der Waals surface area contributed by atoms with E-state index in [1.807, 2.05) is 78.9 Å². The number of hydrogen-bond donors (Lipinski definition) is 1. The second kappa shape index (κ2) is 11.1. The van der Waals surface area contributed by atoms with Crippen LogP contribution in [0.25, 0.3) is 17.4 Å². The summed E-state index contributed by atoms with van der Waals surface area (Å²) in [4.78, 5) is 32.8. The average Bonchev–Trinajstić information content (AvgIpc) is 3.57. The van der Waals surface area contributed by atoms with Crippen molar-refractivity contribution in [2.45, 2.75) is 13.0 Å². The molecular weight excluding hydrogens is 558 g/mol. The van der Waals surface area contributed by atoms with Crippen molar-refractivity contribution in [2.24, 2.45) is 4.99 Å². The molecule has 0 bridgehead atoms. The van der Waals surface area contributed by atoms with Gasteiger partial charge in [-0.05, 0) is 73.2 Å². The number of thiazole rings is 1. The Balaban J connectivity index is 1.46. The normalized spacial score (nSPS) is 14.9. The Morgan fingerprint density at radius 3 is 2.59 bits per heavy atom. The number of para-hydroxylation sites is 1. The first-order valence-electron chi connectivity index (χ1n) is 12.8. The van der Waals surface area contributed by atoms with Gasteiger partial charge in [0, 0.05) is 22.3 Å². The van der Waals surface area contributed by atoms with Gasteiger partial charge in [0.05, 0.1) is 29.0 Å². The number of furan rings is 1. The summed E-state index contributed by atoms with van der Waals surface area (Å²) >= 11 is 7.26. The van der Waals surface area contributed by atoms with Gasteiger partial charge in [-0.2, -0.15) is 0 Å². The van der Waals surface area contributed by atoms with Gasteiger partial charge in [0.15, 0.2) is 4.80 Å². The topological polar surface area (TPSA) is 85.8 Å². The van der Waals surface area contributed by atoms with E-state index in [9.17, 15) is 9.59 Å². The molecule has 7 nitrogen and oxygen atoms in total. The summed E-state index contributed by atoms with van der Waals surface area (Å²) in [5.74, 6) is 1.46. The molecule has 0 saturated heterocycles. The van der Waals surface area contributed by atoms with Crippen LogP contribution in [0.2, 0.25) is 5.02 Å². The van der Waals surface area contributed by atoms with Crippen LogP contribution < -0.4 is 24.9 Å². The van der Waals surface area contributed by atoms with E-state index >= 15 is 0 Å². The number of nitrogens with one attached hydrogen (secondary N) is 1. The van der Waals surface area contributed by atoms with E-state index in [0.717, 1.165) is 11.1 Å². The number of carbonyl (C=O) groups excluding carboxylic acids is 1. The van der Waals surface area contributed by atoms with Gasteiger partial charge in [0.1, 0.15) is 17.3 Å². The molecule has 0 saturated carbocycles. The van der Waals surface area contributed by atoms with Crippen molar-refractivity contribution in [2.75, 3.05) is 12.4 Å². The standard InChI is InChI=1S/C32H24ClN3O4S/c1-19-28(30(37)35-23-8-4-3-5-9-23)29(21-7-6-10-24(17-21)39-2)36-31(38)27(41-32(36)34-19)18-25-15-16-26(40-25)20-11-13-22(33)14-12-20/h3-18,29H,1-2H3,(H,35,37)/b27-18-. The number of halogens is 1. The van der Waals surface area contributed by atoms with Crippen LogP contribution in [0.15, 0.2) is 116 Å². The Kier molecular flexibility index (Phi) is 7.17. The van der Waals surface area contributed by atoms with E-state index in [-0.39, 0.29) is 11.5 Å². The van der Waals surface area contributed by atoms with Crippen molar-refractivity contribution in [3.8, 4) is 17.1 Å². The number of benzene rings is 3. The number of amides is 1. The van der Waals surface area contributed by atoms with Crippen LogP contribution in [0.3, 0.4) is 0 Å². The second-order valence-corrected chi connectivity index (χ2v) is 10.8. The van der Waals surface area contributed by atoms with Crippen LogP contribution in [0.1, 0.15) is 24.3 Å². The van der Waals surface area contributed by atoms with Crippen LogP contribution in [0.5, 0.6) is 5.75 Å². The summed E-state index contributed by atoms with van der Waals surface area (Å²) in [6.45, 7) is 1.79. The van der Waals surface area contributed by atoms with Crippen molar-refractivity contribution < 1.29 is 13.9 Å². The summed E-state index contributed by atoms with van der Waals surface area (Å²) in [6.07, 6.45) is 1.70. The molecule has 0 aliphatic carbocycles. The first kappa shape index (κ1) is 26.6. The zero-order valence-corrected chi connectivity index (χ0v) is 23.7. The molecule has 5 aromatic rings. The van der Waals surface area contributed by atoms with Gasteiger partial charge in [0.25, 0.3) is 11.5 Å². The zero-order chi connectivity index (χ0) is 28.5. The van der Waals surface area contributed by atoms with E-state index in [1.54, 1.807) is 36.8 Å². The number of anilines is 1. The van der Waals surface area contributed by atoms with Gasteiger partial charge in [-0.1, -0.05) is 53.3 Å². The van der Waals surface area contributed by atoms with Gasteiger partial charge in [0.2, 0.25) is 0 Å². The van der Waals surface area contributed by atoms with E-state index in [0.29, 0.717) is 48.6 Å². The highest BCUT2D eigenvalue weighted by atomic mass is 35.5. The lowest BCUT2D eigenvalue weighted by molar-refractivity contribution is -0.113. The third kappa shape index (κ3) is 5.27. The molecular formula is C32H24ClN3O4S. The minimum absolute atomic E-state index is 0.275. The third-order valence-corrected chi connectivity index (χ3v) is 7.97. The van der Waals surface area contributed by atoms with Crippen LogP contribution in [0, 0.1) is 0 Å². The zero-order valence-electron chi connectivity index (χ0n) is 22.1. The molecule has 1 aliphatic rings. The minimum Gasteiger partial charge on any atom is -0.497 e. The largest absolute Gasteiger partial charge is 0.497 e. The molecule has 0 fully saturated rings. The summed E-state index contributed by atoms with van der Waals surface area (Å²) in [5, 5.41) is 3.60. The van der Waals surface area contributed by atoms with Crippen LogP contribution >= 0.6 is 22.9 Å². The molecule has 1 atom stereocenters. The maximum Gasteiger partial charge on any atom is 0.271 e. The predicted octanol–water partition coefficient (Wildman–Crippen LogP) is 5.80. The Bertz CT molecular complexity index is 1970. The maximum atomic E-state index is 13.9. The molecule has 1 N–H and O–H groups in total. The number of ether oxygens (including phenoxy) is 1. The number of carbonyl (C=O) groups is 1. The molecule has 1 unspecified atom stereocenters. The van der Waals surface area contributed by atoms with Gasteiger partial charge >= 0.3 is 0 Å². The smallest absolute Gasteiger partial charge is 0.271 e. The Hall–Kier alpha value is -4.66. The number of hydrogen-bond acceptors (Lipinski definition) is 6. The van der Waals surface area contributed by atoms with E-state index < -0.39 is 6.04 Å². The average molecular weight is 582 g/mol. The highest BCUT2D eigenvalue weighted by molar-refractivity contribution is 7.07. The van der Waals surface area contributed by atoms with E-state index in [4.69, 9.17) is 25.7 Å². The highest BCUT2D eigenvalue weighted by Gasteiger charge is 2.32. The predicted molar refractivity (Wildman–Crippen MR) is 161 cm³/mol. The van der Waals surface area contributed by atoms with E-state index in [2.05, 4.69) is 5.32 Å². The molecule has 0 spiro atoms. The molecule has 3 aromatic carbocycles. The number of aromatic nitrogens is 1. The molecule has 41 heavy (non-hydrogen) atoms. The molecule has 6 rings (SSSR count). The SMILES string of the molecule is COc1cccc(C2C(C(=O)Nc3ccccc3)=C(C)N=c3s/c(=C\c4ccc(-c5ccc(Cl)cc5)o4)c(=O)n32)c1. The first-order chi connectivity index (χ1) is 19.9. The van der Waals surface area contributed by atoms with Crippen LogP contribution in [0.4, 0.5) is 5.69 Å². The number of nitrogens with zero attached hydrogens (tertiary/aromatic N) is 2. The lowest BCUT2D eigenvalue weighted by Crippen LogP contribution is -2.40. The summed E-state index contributed by atoms with van der Waals surface area (Å²) in [5.41, 5.74) is 2.88. The van der Waals surface area contributed by atoms with Crippen LogP contribution in [-0.4, -0.2) is 17.6 Å². The molecule has 0 radical (unpaired) electrons. The fourth-order valence-corrected chi connectivity index (χ4v) is 5.94. The molecule has 204 valence electrons. The van der Waals surface area contributed by atoms with Crippen LogP contribution in [-0.2, 0) is 4.79 Å². The van der Waals surface area contributed by atoms with Crippen molar-refractivity contribution in [3.63, 3.8) is 0 Å². The van der Waals surface area contributed by atoms with Gasteiger partial charge in [-0.25, -0.2) is 4.99 Å². The van der Waals surface area contributed by atoms with Gasteiger partial charge < -0.3 is 14.5 Å². The quantitative estimate of drug-likeness (QED) is 0.275. The number of fused-ring (bicyclic) bond motifs is 1. The maximum absolute atomic E-state index is 13.9. The summed E-state index contributed by atoms with van der Waals surface area (Å²) in [7, 11) is 1.58. The highest BCUT2D eigenvalue weighted by Crippen LogP contribution is 2.32. The Labute approximate surface area is 244 Å². The molecule has 2 aromatic heterocycles. The summed E-state index contributed by atoms with van der Waals surface area (Å²) < 4.78 is 13.5. The van der Waals surface area contributed by atoms with Crippen molar-refractivity contribution in [1.82, 2.24) is 4.57 Å².